The van der Waals surface area contributed by atoms with Crippen molar-refractivity contribution in [2.75, 3.05) is 5.75 Å². The molecule has 0 spiro atoms. The van der Waals surface area contributed by atoms with Gasteiger partial charge < -0.3 is 10.2 Å². The van der Waals surface area contributed by atoms with Gasteiger partial charge in [-0.05, 0) is 38.5 Å². The Hall–Kier alpha value is -1.65. The van der Waals surface area contributed by atoms with Crippen molar-refractivity contribution in [2.45, 2.75) is 55.4 Å². The van der Waals surface area contributed by atoms with Crippen LogP contribution in [0.3, 0.4) is 0 Å². The number of rotatable bonds is 11. The number of carbonyl (C=O) groups excluding carboxylic acids is 1. The lowest BCUT2D eigenvalue weighted by molar-refractivity contribution is -0.121. The number of carboxylic acids is 1. The SMILES string of the molecule is C[C@@](O)(C/C=C/[C@H]1CCC(=O)[C@H]1CCSc1nc(C(=O)O)cs1)CCC(F)=C(F)F. The number of aromatic nitrogens is 1. The van der Waals surface area contributed by atoms with Gasteiger partial charge in [-0.25, -0.2) is 14.2 Å². The second kappa shape index (κ2) is 11.1. The van der Waals surface area contributed by atoms with E-state index in [0.717, 1.165) is 0 Å². The minimum Gasteiger partial charge on any atom is -0.476 e. The number of aromatic carboxylic acids is 1. The van der Waals surface area contributed by atoms with Crippen LogP contribution in [-0.2, 0) is 4.79 Å². The van der Waals surface area contributed by atoms with E-state index in [1.54, 1.807) is 6.08 Å². The summed E-state index contributed by atoms with van der Waals surface area (Å²) in [4.78, 5) is 27.1. The maximum Gasteiger partial charge on any atom is 0.355 e. The van der Waals surface area contributed by atoms with E-state index in [1.807, 2.05) is 6.08 Å². The molecule has 0 aromatic carbocycles. The first-order valence-electron chi connectivity index (χ1n) is 9.52. The number of Topliss-reactive ketones (excluding diaryl/α,β-unsaturated/α-hetero) is 1. The molecule has 0 amide bonds. The van der Waals surface area contributed by atoms with Gasteiger partial charge in [-0.3, -0.25) is 4.79 Å². The van der Waals surface area contributed by atoms with E-state index in [2.05, 4.69) is 4.98 Å². The van der Waals surface area contributed by atoms with E-state index in [-0.39, 0.29) is 36.2 Å². The Morgan fingerprint density at radius 1 is 1.43 bits per heavy atom. The smallest absolute Gasteiger partial charge is 0.355 e. The molecule has 2 rings (SSSR count). The average Bonchev–Trinajstić information content (AvgIpc) is 3.28. The Morgan fingerprint density at radius 3 is 2.80 bits per heavy atom. The summed E-state index contributed by atoms with van der Waals surface area (Å²) in [5.41, 5.74) is -1.30. The molecule has 1 saturated carbocycles. The van der Waals surface area contributed by atoms with Crippen LogP contribution in [-0.4, -0.2) is 38.3 Å². The van der Waals surface area contributed by atoms with Gasteiger partial charge in [-0.2, -0.15) is 8.78 Å². The zero-order chi connectivity index (χ0) is 22.3. The number of nitrogens with zero attached hydrogens (tertiary/aromatic N) is 1. The molecule has 1 aromatic heterocycles. The molecule has 30 heavy (non-hydrogen) atoms. The maximum absolute atomic E-state index is 12.9. The van der Waals surface area contributed by atoms with Crippen molar-refractivity contribution in [2.24, 2.45) is 11.8 Å². The van der Waals surface area contributed by atoms with Crippen LogP contribution in [0.5, 0.6) is 0 Å². The summed E-state index contributed by atoms with van der Waals surface area (Å²) < 4.78 is 37.8. The second-order valence-corrected chi connectivity index (χ2v) is 9.71. The molecule has 2 N–H and O–H groups in total. The predicted octanol–water partition coefficient (Wildman–Crippen LogP) is 5.47. The van der Waals surface area contributed by atoms with E-state index in [1.165, 1.54) is 35.4 Å². The van der Waals surface area contributed by atoms with Crippen molar-refractivity contribution >= 4 is 34.9 Å². The van der Waals surface area contributed by atoms with E-state index in [0.29, 0.717) is 29.4 Å². The lowest BCUT2D eigenvalue weighted by atomic mass is 9.90. The minimum absolute atomic E-state index is 0.0110. The fraction of sp³-hybridized carbons (Fsp3) is 0.550. The molecule has 10 heteroatoms. The number of thiazole rings is 1. The number of hydrogen-bond acceptors (Lipinski definition) is 6. The van der Waals surface area contributed by atoms with Crippen LogP contribution < -0.4 is 0 Å². The standard InChI is InChI=1S/C20H24F3NO4S2/c1-20(28,9-6-14(21)17(22)23)8-2-3-12-4-5-16(25)13(12)7-10-29-19-24-15(11-30-19)18(26)27/h2-3,11-13,28H,4-10H2,1H3,(H,26,27)/b3-2+/t12-,13-,20+/m0/s1. The number of allylic oxidation sites excluding steroid dienone is 2. The lowest BCUT2D eigenvalue weighted by Gasteiger charge is -2.21. The summed E-state index contributed by atoms with van der Waals surface area (Å²) >= 11 is 2.67. The van der Waals surface area contributed by atoms with Crippen LogP contribution >= 0.6 is 23.1 Å². The van der Waals surface area contributed by atoms with Crippen LogP contribution in [0.15, 0.2) is 33.8 Å². The molecule has 1 heterocycles. The Morgan fingerprint density at radius 2 is 2.17 bits per heavy atom. The van der Waals surface area contributed by atoms with Crippen LogP contribution in [0.25, 0.3) is 0 Å². The first-order valence-corrected chi connectivity index (χ1v) is 11.4. The maximum atomic E-state index is 12.9. The van der Waals surface area contributed by atoms with Crippen molar-refractivity contribution in [3.05, 3.63) is 35.1 Å². The monoisotopic (exact) mass is 463 g/mol. The molecular formula is C20H24F3NO4S2. The molecule has 0 aliphatic heterocycles. The summed E-state index contributed by atoms with van der Waals surface area (Å²) in [5, 5.41) is 20.6. The number of hydrogen-bond donors (Lipinski definition) is 2. The molecule has 1 aliphatic carbocycles. The van der Waals surface area contributed by atoms with Gasteiger partial charge in [0.1, 0.15) is 5.78 Å². The molecule has 1 fully saturated rings. The first kappa shape index (κ1) is 24.6. The Kier molecular flexibility index (Phi) is 9.11. The van der Waals surface area contributed by atoms with Crippen LogP contribution in [0.4, 0.5) is 13.2 Å². The van der Waals surface area contributed by atoms with Gasteiger partial charge in [0.05, 0.1) is 5.60 Å². The Bertz CT molecular complexity index is 819. The number of thioether (sulfide) groups is 1. The van der Waals surface area contributed by atoms with Gasteiger partial charge in [-0.1, -0.05) is 23.9 Å². The molecular weight excluding hydrogens is 439 g/mol. The minimum atomic E-state index is -2.36. The number of halogens is 3. The van der Waals surface area contributed by atoms with Crippen molar-refractivity contribution in [1.82, 2.24) is 4.98 Å². The number of carboxylic acid groups (broad SMARTS) is 1. The van der Waals surface area contributed by atoms with Gasteiger partial charge in [-0.15, -0.1) is 11.3 Å². The third kappa shape index (κ3) is 7.55. The third-order valence-corrected chi connectivity index (χ3v) is 7.09. The van der Waals surface area contributed by atoms with Crippen molar-refractivity contribution in [1.29, 1.82) is 0 Å². The average molecular weight is 464 g/mol. The molecule has 0 bridgehead atoms. The van der Waals surface area contributed by atoms with E-state index in [9.17, 15) is 27.9 Å². The molecule has 166 valence electrons. The Balaban J connectivity index is 1.83. The summed E-state index contributed by atoms with van der Waals surface area (Å²) in [6.07, 6.45) is 2.59. The topological polar surface area (TPSA) is 87.5 Å². The molecule has 3 atom stereocenters. The molecule has 0 saturated heterocycles. The van der Waals surface area contributed by atoms with Gasteiger partial charge in [0.15, 0.2) is 15.9 Å². The van der Waals surface area contributed by atoms with E-state index >= 15 is 0 Å². The second-order valence-electron chi connectivity index (χ2n) is 7.51. The van der Waals surface area contributed by atoms with Crippen LogP contribution in [0.1, 0.15) is 55.9 Å². The van der Waals surface area contributed by atoms with Gasteiger partial charge in [0.25, 0.3) is 0 Å². The van der Waals surface area contributed by atoms with Crippen molar-refractivity contribution in [3.8, 4) is 0 Å². The lowest BCUT2D eigenvalue weighted by Crippen LogP contribution is -2.23. The number of carbonyl (C=O) groups is 2. The Labute approximate surface area is 181 Å². The normalized spacial score (nSPS) is 21.2. The summed E-state index contributed by atoms with van der Waals surface area (Å²) in [5.74, 6) is -1.90. The fourth-order valence-electron chi connectivity index (χ4n) is 3.31. The van der Waals surface area contributed by atoms with Crippen LogP contribution in [0, 0.1) is 11.8 Å². The highest BCUT2D eigenvalue weighted by molar-refractivity contribution is 8.01. The van der Waals surface area contributed by atoms with Gasteiger partial charge in [0.2, 0.25) is 0 Å². The number of aliphatic hydroxyl groups is 1. The van der Waals surface area contributed by atoms with Crippen LogP contribution in [0.2, 0.25) is 0 Å². The first-order chi connectivity index (χ1) is 14.1. The van der Waals surface area contributed by atoms with E-state index in [4.69, 9.17) is 5.11 Å². The third-order valence-electron chi connectivity index (χ3n) is 5.04. The molecule has 1 aromatic rings. The number of ketones is 1. The van der Waals surface area contributed by atoms with E-state index < -0.39 is 29.9 Å². The van der Waals surface area contributed by atoms with Gasteiger partial charge in [0, 0.05) is 29.9 Å². The highest BCUT2D eigenvalue weighted by Crippen LogP contribution is 2.35. The quantitative estimate of drug-likeness (QED) is 0.334. The fourth-order valence-corrected chi connectivity index (χ4v) is 5.20. The highest BCUT2D eigenvalue weighted by atomic mass is 32.2. The summed E-state index contributed by atoms with van der Waals surface area (Å²) in [6.45, 7) is 1.47. The molecule has 0 radical (unpaired) electrons. The zero-order valence-electron chi connectivity index (χ0n) is 16.4. The largest absolute Gasteiger partial charge is 0.476 e. The highest BCUT2D eigenvalue weighted by Gasteiger charge is 2.32. The molecule has 0 unspecified atom stereocenters. The summed E-state index contributed by atoms with van der Waals surface area (Å²) in [6, 6.07) is 0. The molecule has 1 aliphatic rings. The zero-order valence-corrected chi connectivity index (χ0v) is 18.1. The van der Waals surface area contributed by atoms with Crippen molar-refractivity contribution < 1.29 is 33.0 Å². The van der Waals surface area contributed by atoms with Gasteiger partial charge >= 0.3 is 12.0 Å². The summed E-state index contributed by atoms with van der Waals surface area (Å²) in [7, 11) is 0. The predicted molar refractivity (Wildman–Crippen MR) is 110 cm³/mol. The molecule has 5 nitrogen and oxygen atoms in total. The van der Waals surface area contributed by atoms with Crippen molar-refractivity contribution in [3.63, 3.8) is 0 Å².